The highest BCUT2D eigenvalue weighted by molar-refractivity contribution is 7.89. The van der Waals surface area contributed by atoms with E-state index >= 15 is 0 Å². The zero-order valence-corrected chi connectivity index (χ0v) is 18.2. The lowest BCUT2D eigenvalue weighted by Crippen LogP contribution is -2.29. The molecule has 33 heavy (non-hydrogen) atoms. The number of aliphatic hydroxyl groups is 1. The van der Waals surface area contributed by atoms with Gasteiger partial charge in [0.2, 0.25) is 10.0 Å². The first-order valence-corrected chi connectivity index (χ1v) is 11.7. The van der Waals surface area contributed by atoms with Gasteiger partial charge in [0, 0.05) is 28.3 Å². The number of hydrogen-bond donors (Lipinski definition) is 2. The first-order chi connectivity index (χ1) is 15.6. The van der Waals surface area contributed by atoms with Gasteiger partial charge in [0.25, 0.3) is 17.4 Å². The third-order valence-corrected chi connectivity index (χ3v) is 6.91. The Morgan fingerprint density at radius 3 is 2.21 bits per heavy atom. The van der Waals surface area contributed by atoms with Crippen molar-refractivity contribution in [1.29, 1.82) is 0 Å². The Bertz CT molecular complexity index is 1400. The van der Waals surface area contributed by atoms with E-state index in [2.05, 4.69) is 0 Å². The van der Waals surface area contributed by atoms with Crippen LogP contribution in [0.4, 0.5) is 11.4 Å². The number of carbonyl (C=O) groups is 2. The molecule has 1 unspecified atom stereocenters. The number of nitro benzene ring substituents is 1. The first-order valence-electron chi connectivity index (χ1n) is 9.31. The molecule has 1 aromatic heterocycles. The van der Waals surface area contributed by atoms with Gasteiger partial charge in [-0.05, 0) is 47.8 Å². The minimum Gasteiger partial charge on any atom is -0.507 e. The fourth-order valence-corrected chi connectivity index (χ4v) is 4.85. The second-order valence-corrected chi connectivity index (χ2v) is 9.57. The van der Waals surface area contributed by atoms with Crippen LogP contribution < -0.4 is 10.0 Å². The van der Waals surface area contributed by atoms with E-state index in [0.29, 0.717) is 4.88 Å². The fourth-order valence-electron chi connectivity index (χ4n) is 3.51. The molecule has 10 nitrogen and oxygen atoms in total. The van der Waals surface area contributed by atoms with Crippen LogP contribution >= 0.6 is 11.3 Å². The molecule has 2 heterocycles. The topological polar surface area (TPSA) is 161 Å². The number of Topliss-reactive ketones (excluding diaryl/α,β-unsaturated/α-hetero) is 1. The van der Waals surface area contributed by atoms with Crippen LogP contribution in [-0.4, -0.2) is 30.1 Å². The van der Waals surface area contributed by atoms with Crippen molar-refractivity contribution in [3.63, 3.8) is 0 Å². The van der Waals surface area contributed by atoms with E-state index in [9.17, 15) is 33.2 Å². The van der Waals surface area contributed by atoms with Crippen molar-refractivity contribution < 1.29 is 28.0 Å². The first kappa shape index (κ1) is 22.3. The lowest BCUT2D eigenvalue weighted by Gasteiger charge is -2.24. The molecular weight excluding hydrogens is 470 g/mol. The molecule has 3 aromatic rings. The van der Waals surface area contributed by atoms with Crippen molar-refractivity contribution in [3.8, 4) is 0 Å². The van der Waals surface area contributed by atoms with E-state index in [1.165, 1.54) is 59.9 Å². The van der Waals surface area contributed by atoms with Gasteiger partial charge in [-0.15, -0.1) is 11.3 Å². The largest absolute Gasteiger partial charge is 0.507 e. The summed E-state index contributed by atoms with van der Waals surface area (Å²) in [4.78, 5) is 37.9. The molecule has 1 amide bonds. The molecule has 12 heteroatoms. The predicted molar refractivity (Wildman–Crippen MR) is 120 cm³/mol. The number of nitro groups is 1. The van der Waals surface area contributed by atoms with Crippen molar-refractivity contribution in [1.82, 2.24) is 0 Å². The fraction of sp³-hybridized carbons (Fsp3) is 0.0476. The third-order valence-electron chi connectivity index (χ3n) is 5.05. The minimum absolute atomic E-state index is 0.129. The molecule has 168 valence electrons. The molecular formula is C21H15N3O7S2. The SMILES string of the molecule is NS(=O)(=O)c1ccc(N2C(=O)C(=O)/C(=C(\O)c3ccc([N+](=O)[O-])cc3)C2c2cccs2)cc1. The molecule has 1 aliphatic heterocycles. The number of rotatable bonds is 5. The Kier molecular flexibility index (Phi) is 5.57. The van der Waals surface area contributed by atoms with E-state index in [0.717, 1.165) is 4.90 Å². The molecule has 2 aromatic carbocycles. The molecule has 0 spiro atoms. The second-order valence-electron chi connectivity index (χ2n) is 7.03. The minimum atomic E-state index is -3.96. The van der Waals surface area contributed by atoms with Crippen molar-refractivity contribution in [2.75, 3.05) is 4.90 Å². The summed E-state index contributed by atoms with van der Waals surface area (Å²) >= 11 is 1.26. The van der Waals surface area contributed by atoms with Crippen LogP contribution in [0.5, 0.6) is 0 Å². The van der Waals surface area contributed by atoms with Crippen LogP contribution in [0.25, 0.3) is 5.76 Å². The van der Waals surface area contributed by atoms with Crippen LogP contribution in [0, 0.1) is 10.1 Å². The molecule has 3 N–H and O–H groups in total. The molecule has 0 bridgehead atoms. The third kappa shape index (κ3) is 4.02. The standard InChI is InChI=1S/C21H15N3O7S2/c22-33(30,31)15-9-7-13(8-10-15)23-18(16-2-1-11-32-16)17(20(26)21(23)27)19(25)12-3-5-14(6-4-12)24(28)29/h1-11,18,25H,(H2,22,30,31)/b19-17-. The Hall–Kier alpha value is -3.87. The molecule has 4 rings (SSSR count). The van der Waals surface area contributed by atoms with Crippen LogP contribution in [0.2, 0.25) is 0 Å². The smallest absolute Gasteiger partial charge is 0.300 e. The Morgan fingerprint density at radius 2 is 1.70 bits per heavy atom. The number of aliphatic hydroxyl groups excluding tert-OH is 1. The number of hydrogen-bond acceptors (Lipinski definition) is 8. The zero-order valence-electron chi connectivity index (χ0n) is 16.6. The van der Waals surface area contributed by atoms with E-state index in [1.54, 1.807) is 17.5 Å². The average molecular weight is 485 g/mol. The summed E-state index contributed by atoms with van der Waals surface area (Å²) in [5.74, 6) is -2.34. The number of nitrogens with two attached hydrogens (primary N) is 1. The number of primary sulfonamides is 1. The predicted octanol–water partition coefficient (Wildman–Crippen LogP) is 2.93. The molecule has 1 fully saturated rings. The number of anilines is 1. The van der Waals surface area contributed by atoms with Gasteiger partial charge in [-0.25, -0.2) is 13.6 Å². The van der Waals surface area contributed by atoms with Crippen molar-refractivity contribution in [2.45, 2.75) is 10.9 Å². The van der Waals surface area contributed by atoms with Crippen LogP contribution in [0.15, 0.2) is 76.5 Å². The van der Waals surface area contributed by atoms with Crippen LogP contribution in [-0.2, 0) is 19.6 Å². The van der Waals surface area contributed by atoms with Gasteiger partial charge in [-0.2, -0.15) is 0 Å². The number of thiophene rings is 1. The lowest BCUT2D eigenvalue weighted by atomic mass is 9.99. The number of ketones is 1. The second kappa shape index (κ2) is 8.24. The molecule has 1 atom stereocenters. The van der Waals surface area contributed by atoms with E-state index in [4.69, 9.17) is 5.14 Å². The molecule has 1 saturated heterocycles. The van der Waals surface area contributed by atoms with Crippen molar-refractivity contribution in [2.24, 2.45) is 5.14 Å². The number of sulfonamides is 1. The summed E-state index contributed by atoms with van der Waals surface area (Å²) in [6, 6.07) is 12.5. The highest BCUT2D eigenvalue weighted by atomic mass is 32.2. The number of benzene rings is 2. The summed E-state index contributed by atoms with van der Waals surface area (Å²) in [7, 11) is -3.96. The van der Waals surface area contributed by atoms with Gasteiger partial charge in [-0.3, -0.25) is 24.6 Å². The van der Waals surface area contributed by atoms with Gasteiger partial charge in [-0.1, -0.05) is 6.07 Å². The summed E-state index contributed by atoms with van der Waals surface area (Å²) in [5, 5.41) is 28.7. The maximum Gasteiger partial charge on any atom is 0.300 e. The van der Waals surface area contributed by atoms with Crippen molar-refractivity contribution in [3.05, 3.63) is 92.2 Å². The van der Waals surface area contributed by atoms with Gasteiger partial charge in [0.05, 0.1) is 15.4 Å². The van der Waals surface area contributed by atoms with Crippen LogP contribution in [0.1, 0.15) is 16.5 Å². The molecule has 0 radical (unpaired) electrons. The Labute approximate surface area is 191 Å². The quantitative estimate of drug-likeness (QED) is 0.185. The van der Waals surface area contributed by atoms with Crippen molar-refractivity contribution >= 4 is 50.2 Å². The van der Waals surface area contributed by atoms with Gasteiger partial charge in [0.1, 0.15) is 11.8 Å². The lowest BCUT2D eigenvalue weighted by molar-refractivity contribution is -0.384. The van der Waals surface area contributed by atoms with Gasteiger partial charge < -0.3 is 5.11 Å². The average Bonchev–Trinajstić information content (AvgIpc) is 3.40. The molecule has 0 aliphatic carbocycles. The number of nitrogens with zero attached hydrogens (tertiary/aromatic N) is 2. The summed E-state index contributed by atoms with van der Waals surface area (Å²) in [6.45, 7) is 0. The normalized spacial score (nSPS) is 18.0. The summed E-state index contributed by atoms with van der Waals surface area (Å²) in [5.41, 5.74) is -0.0287. The Morgan fingerprint density at radius 1 is 1.06 bits per heavy atom. The maximum absolute atomic E-state index is 13.0. The Balaban J connectivity index is 1.86. The maximum atomic E-state index is 13.0. The zero-order chi connectivity index (χ0) is 23.9. The summed E-state index contributed by atoms with van der Waals surface area (Å²) < 4.78 is 23.1. The van der Waals surface area contributed by atoms with E-state index < -0.39 is 38.4 Å². The monoisotopic (exact) mass is 485 g/mol. The molecule has 1 aliphatic rings. The highest BCUT2D eigenvalue weighted by Crippen LogP contribution is 2.43. The number of amides is 1. The van der Waals surface area contributed by atoms with Gasteiger partial charge >= 0.3 is 0 Å². The van der Waals surface area contributed by atoms with Gasteiger partial charge in [0.15, 0.2) is 0 Å². The highest BCUT2D eigenvalue weighted by Gasteiger charge is 2.47. The van der Waals surface area contributed by atoms with E-state index in [1.807, 2.05) is 0 Å². The molecule has 0 saturated carbocycles. The van der Waals surface area contributed by atoms with E-state index in [-0.39, 0.29) is 27.4 Å². The number of non-ortho nitro benzene ring substituents is 1. The number of carbonyl (C=O) groups excluding carboxylic acids is 2. The summed E-state index contributed by atoms with van der Waals surface area (Å²) in [6.07, 6.45) is 0. The van der Waals surface area contributed by atoms with Crippen LogP contribution in [0.3, 0.4) is 0 Å².